The van der Waals surface area contributed by atoms with Crippen molar-refractivity contribution in [2.24, 2.45) is 4.99 Å². The number of aliphatic imine (C=N–C) groups is 1. The van der Waals surface area contributed by atoms with Crippen LogP contribution >= 0.6 is 24.0 Å². The Morgan fingerprint density at radius 1 is 1.28 bits per heavy atom. The maximum Gasteiger partial charge on any atom is 0.223 e. The number of hydrogen-bond donors (Lipinski definition) is 1. The number of carbonyl (C=O) groups is 1. The molecule has 0 bridgehead atoms. The van der Waals surface area contributed by atoms with Crippen LogP contribution in [0.25, 0.3) is 0 Å². The van der Waals surface area contributed by atoms with Gasteiger partial charge in [-0.15, -0.1) is 24.0 Å². The molecule has 0 radical (unpaired) electrons. The number of unbranched alkanes of at least 4 members (excludes halogenated alkanes) is 1. The second-order valence-corrected chi connectivity index (χ2v) is 4.29. The molecular formula is C12H27IN4O. The Morgan fingerprint density at radius 2 is 1.89 bits per heavy atom. The largest absolute Gasteiger partial charge is 0.356 e. The van der Waals surface area contributed by atoms with Gasteiger partial charge < -0.3 is 15.1 Å². The van der Waals surface area contributed by atoms with Crippen LogP contribution in [-0.4, -0.2) is 62.9 Å². The molecular weight excluding hydrogens is 343 g/mol. The standard InChI is InChI=1S/C12H26N4O.HI/c1-6-7-10-16(5)12(13-2)14-9-8-11(17)15(3)4;/h6-10H2,1-5H3,(H,13,14);1H. The van der Waals surface area contributed by atoms with Crippen LogP contribution < -0.4 is 5.32 Å². The van der Waals surface area contributed by atoms with Crippen molar-refractivity contribution < 1.29 is 4.79 Å². The van der Waals surface area contributed by atoms with E-state index in [0.29, 0.717) is 13.0 Å². The van der Waals surface area contributed by atoms with Crippen LogP contribution in [0.5, 0.6) is 0 Å². The highest BCUT2D eigenvalue weighted by Gasteiger charge is 2.07. The van der Waals surface area contributed by atoms with Crippen LogP contribution in [0.1, 0.15) is 26.2 Å². The van der Waals surface area contributed by atoms with Crippen molar-refractivity contribution >= 4 is 35.8 Å². The molecule has 0 aliphatic heterocycles. The molecule has 1 amide bonds. The summed E-state index contributed by atoms with van der Waals surface area (Å²) in [7, 11) is 7.31. The van der Waals surface area contributed by atoms with Crippen molar-refractivity contribution in [3.63, 3.8) is 0 Å². The molecule has 0 spiro atoms. The van der Waals surface area contributed by atoms with E-state index in [1.807, 2.05) is 7.05 Å². The van der Waals surface area contributed by atoms with Gasteiger partial charge in [-0.05, 0) is 6.42 Å². The van der Waals surface area contributed by atoms with Crippen molar-refractivity contribution in [2.75, 3.05) is 41.3 Å². The fraction of sp³-hybridized carbons (Fsp3) is 0.833. The van der Waals surface area contributed by atoms with Gasteiger partial charge >= 0.3 is 0 Å². The average Bonchev–Trinajstić information content (AvgIpc) is 2.31. The Morgan fingerprint density at radius 3 is 2.33 bits per heavy atom. The number of amides is 1. The fourth-order valence-corrected chi connectivity index (χ4v) is 1.39. The van der Waals surface area contributed by atoms with Gasteiger partial charge in [0.05, 0.1) is 0 Å². The third-order valence-corrected chi connectivity index (χ3v) is 2.54. The molecule has 0 aliphatic rings. The van der Waals surface area contributed by atoms with E-state index in [1.165, 1.54) is 6.42 Å². The second kappa shape index (κ2) is 11.6. The van der Waals surface area contributed by atoms with Gasteiger partial charge in [-0.3, -0.25) is 9.79 Å². The van der Waals surface area contributed by atoms with E-state index in [9.17, 15) is 4.79 Å². The van der Waals surface area contributed by atoms with Crippen LogP contribution in [0.3, 0.4) is 0 Å². The van der Waals surface area contributed by atoms with Crippen LogP contribution in [-0.2, 0) is 4.79 Å². The van der Waals surface area contributed by atoms with Gasteiger partial charge in [-0.2, -0.15) is 0 Å². The first-order valence-electron chi connectivity index (χ1n) is 6.14. The summed E-state index contributed by atoms with van der Waals surface area (Å²) >= 11 is 0. The molecule has 0 aromatic rings. The predicted molar refractivity (Wildman–Crippen MR) is 87.6 cm³/mol. The van der Waals surface area contributed by atoms with Gasteiger partial charge in [-0.1, -0.05) is 13.3 Å². The number of rotatable bonds is 6. The van der Waals surface area contributed by atoms with Gasteiger partial charge in [0.1, 0.15) is 0 Å². The highest BCUT2D eigenvalue weighted by Crippen LogP contribution is 1.93. The molecule has 5 nitrogen and oxygen atoms in total. The van der Waals surface area contributed by atoms with Crippen molar-refractivity contribution in [3.8, 4) is 0 Å². The molecule has 0 unspecified atom stereocenters. The van der Waals surface area contributed by atoms with Crippen molar-refractivity contribution in [2.45, 2.75) is 26.2 Å². The Hall–Kier alpha value is -0.530. The fourth-order valence-electron chi connectivity index (χ4n) is 1.39. The maximum absolute atomic E-state index is 11.4. The zero-order valence-electron chi connectivity index (χ0n) is 12.2. The Kier molecular flexibility index (Phi) is 12.7. The smallest absolute Gasteiger partial charge is 0.223 e. The molecule has 0 saturated carbocycles. The molecule has 0 rings (SSSR count). The number of carbonyl (C=O) groups excluding carboxylic acids is 1. The quantitative estimate of drug-likeness (QED) is 0.437. The lowest BCUT2D eigenvalue weighted by Crippen LogP contribution is -2.40. The number of nitrogens with zero attached hydrogens (tertiary/aromatic N) is 3. The zero-order valence-corrected chi connectivity index (χ0v) is 14.5. The minimum Gasteiger partial charge on any atom is -0.356 e. The molecule has 0 atom stereocenters. The normalized spacial score (nSPS) is 10.6. The minimum absolute atomic E-state index is 0. The zero-order chi connectivity index (χ0) is 13.3. The van der Waals surface area contributed by atoms with Crippen molar-refractivity contribution in [3.05, 3.63) is 0 Å². The topological polar surface area (TPSA) is 47.9 Å². The van der Waals surface area contributed by atoms with Crippen LogP contribution in [0.2, 0.25) is 0 Å². The molecule has 6 heteroatoms. The first kappa shape index (κ1) is 19.8. The van der Waals surface area contributed by atoms with E-state index in [4.69, 9.17) is 0 Å². The highest BCUT2D eigenvalue weighted by atomic mass is 127. The van der Waals surface area contributed by atoms with Crippen LogP contribution in [0, 0.1) is 0 Å². The van der Waals surface area contributed by atoms with E-state index in [2.05, 4.69) is 22.1 Å². The van der Waals surface area contributed by atoms with E-state index >= 15 is 0 Å². The van der Waals surface area contributed by atoms with Crippen LogP contribution in [0.15, 0.2) is 4.99 Å². The number of halogens is 1. The number of hydrogen-bond acceptors (Lipinski definition) is 2. The van der Waals surface area contributed by atoms with Gasteiger partial charge in [0, 0.05) is 47.7 Å². The summed E-state index contributed by atoms with van der Waals surface area (Å²) in [6.07, 6.45) is 2.81. The third kappa shape index (κ3) is 8.54. The SMILES string of the molecule is CCCCN(C)C(=NC)NCCC(=O)N(C)C.I. The van der Waals surface area contributed by atoms with Gasteiger partial charge in [0.2, 0.25) is 5.91 Å². The summed E-state index contributed by atoms with van der Waals surface area (Å²) in [5.74, 6) is 0.981. The number of guanidine groups is 1. The molecule has 0 heterocycles. The summed E-state index contributed by atoms with van der Waals surface area (Å²) in [6.45, 7) is 3.78. The van der Waals surface area contributed by atoms with Gasteiger partial charge in [0.25, 0.3) is 0 Å². The Bertz CT molecular complexity index is 256. The lowest BCUT2D eigenvalue weighted by atomic mass is 10.3. The average molecular weight is 370 g/mol. The second-order valence-electron chi connectivity index (χ2n) is 4.29. The lowest BCUT2D eigenvalue weighted by Gasteiger charge is -2.22. The predicted octanol–water partition coefficient (Wildman–Crippen LogP) is 1.39. The van der Waals surface area contributed by atoms with Crippen molar-refractivity contribution in [1.29, 1.82) is 0 Å². The third-order valence-electron chi connectivity index (χ3n) is 2.54. The molecule has 0 aromatic carbocycles. The highest BCUT2D eigenvalue weighted by molar-refractivity contribution is 14.0. The summed E-state index contributed by atoms with van der Waals surface area (Å²) in [5, 5.41) is 3.19. The Balaban J connectivity index is 0. The molecule has 18 heavy (non-hydrogen) atoms. The van der Waals surface area contributed by atoms with Crippen LogP contribution in [0.4, 0.5) is 0 Å². The maximum atomic E-state index is 11.4. The van der Waals surface area contributed by atoms with Gasteiger partial charge in [-0.25, -0.2) is 0 Å². The molecule has 0 saturated heterocycles. The van der Waals surface area contributed by atoms with E-state index in [1.54, 1.807) is 26.0 Å². The molecule has 108 valence electrons. The summed E-state index contributed by atoms with van der Waals surface area (Å²) in [4.78, 5) is 19.3. The van der Waals surface area contributed by atoms with Gasteiger partial charge in [0.15, 0.2) is 5.96 Å². The minimum atomic E-state index is 0. The van der Waals surface area contributed by atoms with E-state index in [-0.39, 0.29) is 29.9 Å². The first-order chi connectivity index (χ1) is 8.02. The molecule has 0 aliphatic carbocycles. The van der Waals surface area contributed by atoms with E-state index in [0.717, 1.165) is 18.9 Å². The lowest BCUT2D eigenvalue weighted by molar-refractivity contribution is -0.128. The van der Waals surface area contributed by atoms with Crippen molar-refractivity contribution in [1.82, 2.24) is 15.1 Å². The first-order valence-corrected chi connectivity index (χ1v) is 6.14. The summed E-state index contributed by atoms with van der Waals surface area (Å²) in [6, 6.07) is 0. The summed E-state index contributed by atoms with van der Waals surface area (Å²) in [5.41, 5.74) is 0. The molecule has 0 fully saturated rings. The Labute approximate surface area is 128 Å². The molecule has 0 aromatic heterocycles. The van der Waals surface area contributed by atoms with E-state index < -0.39 is 0 Å². The monoisotopic (exact) mass is 370 g/mol. The molecule has 1 N–H and O–H groups in total. The summed E-state index contributed by atoms with van der Waals surface area (Å²) < 4.78 is 0. The number of nitrogens with one attached hydrogen (secondary N) is 1.